The Morgan fingerprint density at radius 3 is 2.59 bits per heavy atom. The van der Waals surface area contributed by atoms with E-state index >= 15 is 0 Å². The molecule has 0 atom stereocenters. The monoisotopic (exact) mass is 394 g/mol. The molecule has 2 N–H and O–H groups in total. The Morgan fingerprint density at radius 2 is 1.93 bits per heavy atom. The second-order valence-corrected chi connectivity index (χ2v) is 8.86. The highest BCUT2D eigenvalue weighted by Crippen LogP contribution is 2.16. The highest BCUT2D eigenvalue weighted by molar-refractivity contribution is 7.89. The predicted octanol–water partition coefficient (Wildman–Crippen LogP) is 2.86. The summed E-state index contributed by atoms with van der Waals surface area (Å²) in [5.74, 6) is 0.264. The van der Waals surface area contributed by atoms with Crippen LogP contribution in [0.5, 0.6) is 5.75 Å². The number of amides is 1. The standard InChI is InChI=1S/C19H26N2O5S/c1-14-7-5-8-15(13-14)25-12-6-11-20-18(22)16-9-10-17(26-16)27(23,24)21-19(2,3)4/h5,7-10,13,21H,6,11-12H2,1-4H3,(H,20,22). The molecule has 8 heteroatoms. The minimum Gasteiger partial charge on any atom is -0.494 e. The Labute approximate surface area is 160 Å². The molecule has 7 nitrogen and oxygen atoms in total. The SMILES string of the molecule is Cc1cccc(OCCCNC(=O)c2ccc(S(=O)(=O)NC(C)(C)C)o2)c1. The first kappa shape index (κ1) is 21.0. The second kappa shape index (κ2) is 8.58. The molecule has 0 aliphatic rings. The van der Waals surface area contributed by atoms with Crippen LogP contribution in [0.25, 0.3) is 0 Å². The summed E-state index contributed by atoms with van der Waals surface area (Å²) in [6.07, 6.45) is 0.608. The minimum atomic E-state index is -3.81. The lowest BCUT2D eigenvalue weighted by molar-refractivity contribution is 0.0918. The second-order valence-electron chi connectivity index (χ2n) is 7.25. The fraction of sp³-hybridized carbons (Fsp3) is 0.421. The van der Waals surface area contributed by atoms with Gasteiger partial charge in [0.05, 0.1) is 6.61 Å². The van der Waals surface area contributed by atoms with Crippen molar-refractivity contribution in [2.75, 3.05) is 13.2 Å². The van der Waals surface area contributed by atoms with E-state index in [4.69, 9.17) is 9.15 Å². The molecule has 0 spiro atoms. The maximum atomic E-state index is 12.2. The number of hydrogen-bond donors (Lipinski definition) is 2. The topological polar surface area (TPSA) is 97.6 Å². The fourth-order valence-corrected chi connectivity index (χ4v) is 3.65. The average Bonchev–Trinajstić information content (AvgIpc) is 3.03. The molecule has 0 radical (unpaired) electrons. The first-order valence-electron chi connectivity index (χ1n) is 8.68. The number of hydrogen-bond acceptors (Lipinski definition) is 5. The summed E-state index contributed by atoms with van der Waals surface area (Å²) in [4.78, 5) is 12.1. The van der Waals surface area contributed by atoms with Gasteiger partial charge in [-0.1, -0.05) is 12.1 Å². The number of rotatable bonds is 8. The number of benzene rings is 1. The molecule has 1 amide bonds. The molecule has 0 saturated heterocycles. The molecule has 0 bridgehead atoms. The molecule has 0 saturated carbocycles. The Balaban J connectivity index is 1.80. The van der Waals surface area contributed by atoms with E-state index in [1.165, 1.54) is 12.1 Å². The molecule has 1 aromatic heterocycles. The number of ether oxygens (including phenoxy) is 1. The highest BCUT2D eigenvalue weighted by atomic mass is 32.2. The van der Waals surface area contributed by atoms with Crippen molar-refractivity contribution in [3.8, 4) is 5.75 Å². The largest absolute Gasteiger partial charge is 0.494 e. The quantitative estimate of drug-likeness (QED) is 0.671. The van der Waals surface area contributed by atoms with E-state index in [-0.39, 0.29) is 10.9 Å². The minimum absolute atomic E-state index is 0.0520. The molecule has 0 aliphatic carbocycles. The normalized spacial score (nSPS) is 12.0. The third kappa shape index (κ3) is 6.73. The van der Waals surface area contributed by atoms with Crippen molar-refractivity contribution < 1.29 is 22.4 Å². The molecular weight excluding hydrogens is 368 g/mol. The first-order chi connectivity index (χ1) is 12.6. The van der Waals surface area contributed by atoms with Gasteiger partial charge in [-0.3, -0.25) is 4.79 Å². The van der Waals surface area contributed by atoms with Crippen molar-refractivity contribution >= 4 is 15.9 Å². The average molecular weight is 394 g/mol. The zero-order chi connectivity index (χ0) is 20.1. The molecule has 2 rings (SSSR count). The van der Waals surface area contributed by atoms with Crippen LogP contribution in [0.3, 0.4) is 0 Å². The number of carbonyl (C=O) groups excluding carboxylic acids is 1. The van der Waals surface area contributed by atoms with Crippen LogP contribution in [-0.2, 0) is 10.0 Å². The summed E-state index contributed by atoms with van der Waals surface area (Å²) >= 11 is 0. The lowest BCUT2D eigenvalue weighted by atomic mass is 10.1. The maximum Gasteiger partial charge on any atom is 0.287 e. The van der Waals surface area contributed by atoms with E-state index in [1.807, 2.05) is 31.2 Å². The Kier molecular flexibility index (Phi) is 6.67. The number of nitrogens with one attached hydrogen (secondary N) is 2. The van der Waals surface area contributed by atoms with Gasteiger partial charge >= 0.3 is 0 Å². The van der Waals surface area contributed by atoms with Crippen molar-refractivity contribution in [1.82, 2.24) is 10.0 Å². The maximum absolute atomic E-state index is 12.2. The molecule has 0 fully saturated rings. The van der Waals surface area contributed by atoms with Crippen LogP contribution in [0.4, 0.5) is 0 Å². The zero-order valence-electron chi connectivity index (χ0n) is 16.0. The van der Waals surface area contributed by atoms with Crippen molar-refractivity contribution in [3.63, 3.8) is 0 Å². The van der Waals surface area contributed by atoms with Gasteiger partial charge in [-0.2, -0.15) is 0 Å². The van der Waals surface area contributed by atoms with Gasteiger partial charge in [0.1, 0.15) is 5.75 Å². The van der Waals surface area contributed by atoms with Gasteiger partial charge in [-0.25, -0.2) is 13.1 Å². The van der Waals surface area contributed by atoms with Crippen molar-refractivity contribution in [2.45, 2.75) is 44.7 Å². The van der Waals surface area contributed by atoms with Crippen LogP contribution >= 0.6 is 0 Å². The molecule has 1 aromatic carbocycles. The smallest absolute Gasteiger partial charge is 0.287 e. The fourth-order valence-electron chi connectivity index (χ4n) is 2.30. The Morgan fingerprint density at radius 1 is 1.19 bits per heavy atom. The van der Waals surface area contributed by atoms with Crippen molar-refractivity contribution in [2.24, 2.45) is 0 Å². The van der Waals surface area contributed by atoms with Gasteiger partial charge in [-0.15, -0.1) is 0 Å². The van der Waals surface area contributed by atoms with Crippen molar-refractivity contribution in [3.05, 3.63) is 47.7 Å². The van der Waals surface area contributed by atoms with Gasteiger partial charge in [-0.05, 0) is 63.9 Å². The van der Waals surface area contributed by atoms with E-state index in [2.05, 4.69) is 10.0 Å². The molecule has 2 aromatic rings. The summed E-state index contributed by atoms with van der Waals surface area (Å²) in [6, 6.07) is 10.3. The number of furan rings is 1. The number of sulfonamides is 1. The summed E-state index contributed by atoms with van der Waals surface area (Å²) in [5, 5.41) is 2.40. The Hall–Kier alpha value is -2.32. The lowest BCUT2D eigenvalue weighted by Gasteiger charge is -2.18. The number of carbonyl (C=O) groups is 1. The van der Waals surface area contributed by atoms with Crippen LogP contribution in [0.2, 0.25) is 0 Å². The number of aryl methyl sites for hydroxylation is 1. The van der Waals surface area contributed by atoms with Crippen molar-refractivity contribution in [1.29, 1.82) is 0 Å². The molecule has 0 unspecified atom stereocenters. The van der Waals surface area contributed by atoms with E-state index in [0.29, 0.717) is 19.6 Å². The van der Waals surface area contributed by atoms with Crippen LogP contribution in [-0.4, -0.2) is 33.0 Å². The zero-order valence-corrected chi connectivity index (χ0v) is 16.9. The summed E-state index contributed by atoms with van der Waals surface area (Å²) < 4.78 is 37.7. The molecule has 0 aliphatic heterocycles. The third-order valence-corrected chi connectivity index (χ3v) is 5.01. The first-order valence-corrected chi connectivity index (χ1v) is 10.2. The van der Waals surface area contributed by atoms with Crippen LogP contribution in [0.15, 0.2) is 45.9 Å². The van der Waals surface area contributed by atoms with E-state index < -0.39 is 21.5 Å². The molecule has 148 valence electrons. The summed E-state index contributed by atoms with van der Waals surface area (Å²) in [7, 11) is -3.81. The highest BCUT2D eigenvalue weighted by Gasteiger charge is 2.26. The summed E-state index contributed by atoms with van der Waals surface area (Å²) in [6.45, 7) is 7.99. The predicted molar refractivity (Wildman–Crippen MR) is 102 cm³/mol. The molecule has 1 heterocycles. The van der Waals surface area contributed by atoms with Gasteiger partial charge in [0.15, 0.2) is 5.76 Å². The Bertz CT molecular complexity index is 882. The van der Waals surface area contributed by atoms with Crippen LogP contribution in [0, 0.1) is 6.92 Å². The lowest BCUT2D eigenvalue weighted by Crippen LogP contribution is -2.40. The van der Waals surface area contributed by atoms with Gasteiger partial charge < -0.3 is 14.5 Å². The van der Waals surface area contributed by atoms with Gasteiger partial charge in [0.25, 0.3) is 15.9 Å². The third-order valence-electron chi connectivity index (χ3n) is 3.38. The van der Waals surface area contributed by atoms with Crippen LogP contribution in [0.1, 0.15) is 43.3 Å². The van der Waals surface area contributed by atoms with Gasteiger partial charge in [0.2, 0.25) is 5.09 Å². The molecular formula is C19H26N2O5S. The van der Waals surface area contributed by atoms with Crippen LogP contribution < -0.4 is 14.8 Å². The van der Waals surface area contributed by atoms with E-state index in [0.717, 1.165) is 11.3 Å². The van der Waals surface area contributed by atoms with Gasteiger partial charge in [0, 0.05) is 12.1 Å². The summed E-state index contributed by atoms with van der Waals surface area (Å²) in [5.41, 5.74) is 0.469. The van der Waals surface area contributed by atoms with E-state index in [1.54, 1.807) is 20.8 Å². The molecule has 27 heavy (non-hydrogen) atoms. The van der Waals surface area contributed by atoms with E-state index in [9.17, 15) is 13.2 Å².